The Balaban J connectivity index is 1.87. The molecule has 0 spiro atoms. The number of carbonyl (C=O) groups excluding carboxylic acids is 2. The molecule has 2 aromatic carbocycles. The number of nitrogens with zero attached hydrogens (tertiary/aromatic N) is 1. The molecule has 0 atom stereocenters. The van der Waals surface area contributed by atoms with Crippen molar-refractivity contribution >= 4 is 33.9 Å². The number of phenolic OH excluding ortho intramolecular Hbond substituents is 1. The van der Waals surface area contributed by atoms with Gasteiger partial charge in [0.2, 0.25) is 5.75 Å². The first-order valence-electron chi connectivity index (χ1n) is 7.97. The van der Waals surface area contributed by atoms with E-state index in [1.54, 1.807) is 12.1 Å². The Morgan fingerprint density at radius 2 is 1.70 bits per heavy atom. The first-order valence-corrected chi connectivity index (χ1v) is 8.76. The number of imide groups is 1. The molecule has 1 fully saturated rings. The fourth-order valence-electron chi connectivity index (χ4n) is 2.65. The summed E-state index contributed by atoms with van der Waals surface area (Å²) < 4.78 is 11.1. The van der Waals surface area contributed by atoms with Gasteiger partial charge in [-0.3, -0.25) is 9.69 Å². The average Bonchev–Trinajstić information content (AvgIpc) is 2.92. The van der Waals surface area contributed by atoms with Crippen molar-refractivity contribution in [3.63, 3.8) is 0 Å². The summed E-state index contributed by atoms with van der Waals surface area (Å²) in [5.74, 6) is -0.177. The van der Waals surface area contributed by atoms with Gasteiger partial charge in [0.1, 0.15) is 5.70 Å². The van der Waals surface area contributed by atoms with E-state index in [2.05, 4.69) is 21.2 Å². The Kier molecular flexibility index (Phi) is 5.36. The topological polar surface area (TPSA) is 88.1 Å². The monoisotopic (exact) mass is 432 g/mol. The van der Waals surface area contributed by atoms with Crippen molar-refractivity contribution in [2.75, 3.05) is 14.2 Å². The SMILES string of the molecule is COc1cc(C=C2NC(=O)N(Cc3ccc(Br)cc3)C2=O)cc(OC)c1O. The van der Waals surface area contributed by atoms with Crippen LogP contribution in [0.15, 0.2) is 46.6 Å². The highest BCUT2D eigenvalue weighted by Gasteiger charge is 2.33. The van der Waals surface area contributed by atoms with E-state index in [9.17, 15) is 14.7 Å². The van der Waals surface area contributed by atoms with Crippen molar-refractivity contribution in [3.05, 3.63) is 57.7 Å². The van der Waals surface area contributed by atoms with Crippen molar-refractivity contribution in [1.29, 1.82) is 0 Å². The molecule has 0 aromatic heterocycles. The number of urea groups is 1. The van der Waals surface area contributed by atoms with Crippen LogP contribution in [0.25, 0.3) is 6.08 Å². The minimum absolute atomic E-state index is 0.131. The number of ether oxygens (including phenoxy) is 2. The molecular formula is C19H17BrN2O5. The molecule has 1 aliphatic heterocycles. The summed E-state index contributed by atoms with van der Waals surface area (Å²) >= 11 is 3.35. The Labute approximate surface area is 164 Å². The molecule has 27 heavy (non-hydrogen) atoms. The molecule has 0 radical (unpaired) electrons. The Hall–Kier alpha value is -3.00. The number of halogens is 1. The molecular weight excluding hydrogens is 416 g/mol. The number of nitrogens with one attached hydrogen (secondary N) is 1. The van der Waals surface area contributed by atoms with E-state index in [4.69, 9.17) is 9.47 Å². The van der Waals surface area contributed by atoms with Gasteiger partial charge in [0, 0.05) is 4.47 Å². The standard InChI is InChI=1S/C19H17BrN2O5/c1-26-15-8-12(9-16(27-2)17(15)23)7-14-18(24)22(19(25)21-14)10-11-3-5-13(20)6-4-11/h3-9,23H,10H2,1-2H3,(H,21,25). The fraction of sp³-hybridized carbons (Fsp3) is 0.158. The van der Waals surface area contributed by atoms with Gasteiger partial charge in [-0.25, -0.2) is 4.79 Å². The lowest BCUT2D eigenvalue weighted by Crippen LogP contribution is -2.30. The van der Waals surface area contributed by atoms with Crippen LogP contribution in [0.1, 0.15) is 11.1 Å². The summed E-state index contributed by atoms with van der Waals surface area (Å²) in [6.45, 7) is 0.164. The van der Waals surface area contributed by atoms with Gasteiger partial charge in [-0.2, -0.15) is 0 Å². The number of hydrogen-bond donors (Lipinski definition) is 2. The third kappa shape index (κ3) is 3.90. The highest BCUT2D eigenvalue weighted by Crippen LogP contribution is 2.37. The highest BCUT2D eigenvalue weighted by molar-refractivity contribution is 9.10. The first kappa shape index (κ1) is 18.8. The van der Waals surface area contributed by atoms with Crippen LogP contribution in [-0.2, 0) is 11.3 Å². The second-order valence-electron chi connectivity index (χ2n) is 5.78. The number of hydrogen-bond acceptors (Lipinski definition) is 5. The molecule has 1 saturated heterocycles. The molecule has 0 aliphatic carbocycles. The molecule has 1 aliphatic rings. The lowest BCUT2D eigenvalue weighted by molar-refractivity contribution is -0.123. The van der Waals surface area contributed by atoms with Gasteiger partial charge in [-0.05, 0) is 41.5 Å². The predicted molar refractivity (Wildman–Crippen MR) is 102 cm³/mol. The lowest BCUT2D eigenvalue weighted by atomic mass is 10.1. The number of methoxy groups -OCH3 is 2. The molecule has 140 valence electrons. The molecule has 7 nitrogen and oxygen atoms in total. The number of aromatic hydroxyl groups is 1. The predicted octanol–water partition coefficient (Wildman–Crippen LogP) is 3.26. The third-order valence-electron chi connectivity index (χ3n) is 4.03. The van der Waals surface area contributed by atoms with E-state index in [1.807, 2.05) is 24.3 Å². The number of benzene rings is 2. The molecule has 3 rings (SSSR count). The van der Waals surface area contributed by atoms with Gasteiger partial charge in [0.25, 0.3) is 5.91 Å². The molecule has 0 unspecified atom stereocenters. The van der Waals surface area contributed by atoms with E-state index >= 15 is 0 Å². The number of amides is 3. The van der Waals surface area contributed by atoms with Crippen LogP contribution in [0.3, 0.4) is 0 Å². The van der Waals surface area contributed by atoms with E-state index < -0.39 is 11.9 Å². The van der Waals surface area contributed by atoms with Gasteiger partial charge in [0.15, 0.2) is 11.5 Å². The second-order valence-corrected chi connectivity index (χ2v) is 6.70. The van der Waals surface area contributed by atoms with E-state index in [0.29, 0.717) is 5.56 Å². The summed E-state index contributed by atoms with van der Waals surface area (Å²) in [5.41, 5.74) is 1.50. The van der Waals surface area contributed by atoms with Crippen molar-refractivity contribution < 1.29 is 24.2 Å². The molecule has 2 aromatic rings. The average molecular weight is 433 g/mol. The second kappa shape index (κ2) is 7.71. The van der Waals surface area contributed by atoms with Crippen molar-refractivity contribution in [2.45, 2.75) is 6.54 Å². The van der Waals surface area contributed by atoms with Gasteiger partial charge >= 0.3 is 6.03 Å². The summed E-state index contributed by atoms with van der Waals surface area (Å²) in [6.07, 6.45) is 1.51. The van der Waals surface area contributed by atoms with Crippen LogP contribution >= 0.6 is 15.9 Å². The van der Waals surface area contributed by atoms with Gasteiger partial charge in [0.05, 0.1) is 20.8 Å². The molecule has 2 N–H and O–H groups in total. The minimum atomic E-state index is -0.494. The first-order chi connectivity index (χ1) is 12.9. The maximum atomic E-state index is 12.6. The fourth-order valence-corrected chi connectivity index (χ4v) is 2.92. The molecule has 0 bridgehead atoms. The largest absolute Gasteiger partial charge is 0.502 e. The van der Waals surface area contributed by atoms with Crippen LogP contribution in [-0.4, -0.2) is 36.2 Å². The highest BCUT2D eigenvalue weighted by atomic mass is 79.9. The van der Waals surface area contributed by atoms with Gasteiger partial charge in [-0.15, -0.1) is 0 Å². The minimum Gasteiger partial charge on any atom is -0.502 e. The normalized spacial score (nSPS) is 15.2. The quantitative estimate of drug-likeness (QED) is 0.559. The maximum absolute atomic E-state index is 12.6. The number of carbonyl (C=O) groups is 2. The molecule has 3 amide bonds. The van der Waals surface area contributed by atoms with Crippen molar-refractivity contribution in [2.24, 2.45) is 0 Å². The molecule has 8 heteroatoms. The third-order valence-corrected chi connectivity index (χ3v) is 4.56. The zero-order valence-corrected chi connectivity index (χ0v) is 16.2. The Bertz CT molecular complexity index is 899. The van der Waals surface area contributed by atoms with Crippen LogP contribution in [0, 0.1) is 0 Å². The Morgan fingerprint density at radius 3 is 2.26 bits per heavy atom. The zero-order chi connectivity index (χ0) is 19.6. The van der Waals surface area contributed by atoms with Crippen molar-refractivity contribution in [1.82, 2.24) is 10.2 Å². The summed E-state index contributed by atoms with van der Waals surface area (Å²) in [7, 11) is 2.82. The zero-order valence-electron chi connectivity index (χ0n) is 14.7. The van der Waals surface area contributed by atoms with E-state index in [0.717, 1.165) is 14.9 Å². The summed E-state index contributed by atoms with van der Waals surface area (Å²) in [5, 5.41) is 12.5. The van der Waals surface area contributed by atoms with Gasteiger partial charge in [-0.1, -0.05) is 28.1 Å². The smallest absolute Gasteiger partial charge is 0.329 e. The number of phenols is 1. The van der Waals surface area contributed by atoms with Crippen LogP contribution in [0.2, 0.25) is 0 Å². The van der Waals surface area contributed by atoms with E-state index in [1.165, 1.54) is 20.3 Å². The maximum Gasteiger partial charge on any atom is 0.329 e. The Morgan fingerprint density at radius 1 is 1.11 bits per heavy atom. The van der Waals surface area contributed by atoms with Gasteiger partial charge < -0.3 is 19.9 Å². The van der Waals surface area contributed by atoms with Crippen molar-refractivity contribution in [3.8, 4) is 17.2 Å². The van der Waals surface area contributed by atoms with Crippen LogP contribution in [0.5, 0.6) is 17.2 Å². The summed E-state index contributed by atoms with van der Waals surface area (Å²) in [4.78, 5) is 26.0. The molecule has 1 heterocycles. The number of rotatable bonds is 5. The van der Waals surface area contributed by atoms with Crippen LogP contribution < -0.4 is 14.8 Å². The summed E-state index contributed by atoms with van der Waals surface area (Å²) in [6, 6.07) is 9.96. The lowest BCUT2D eigenvalue weighted by Gasteiger charge is -2.12. The van der Waals surface area contributed by atoms with E-state index in [-0.39, 0.29) is 29.5 Å². The molecule has 0 saturated carbocycles. The van der Waals surface area contributed by atoms with Crippen LogP contribution in [0.4, 0.5) is 4.79 Å².